The van der Waals surface area contributed by atoms with Crippen LogP contribution >= 0.6 is 56.9 Å². The van der Waals surface area contributed by atoms with Crippen LogP contribution in [0, 0.1) is 21.0 Å². The first-order valence-electron chi connectivity index (χ1n) is 8.45. The molecule has 0 saturated carbocycles. The van der Waals surface area contributed by atoms with E-state index in [-0.39, 0.29) is 17.2 Å². The van der Waals surface area contributed by atoms with Crippen molar-refractivity contribution >= 4 is 85.8 Å². The summed E-state index contributed by atoms with van der Waals surface area (Å²) in [6, 6.07) is 9.08. The van der Waals surface area contributed by atoms with E-state index in [1.54, 1.807) is 18.2 Å². The average Bonchev–Trinajstić information content (AvgIpc) is 2.86. The molecule has 29 heavy (non-hydrogen) atoms. The van der Waals surface area contributed by atoms with Crippen molar-refractivity contribution in [2.45, 2.75) is 13.8 Å². The number of phenolic OH excluding ortho intramolecular Hbond substituents is 1. The number of phenols is 1. The summed E-state index contributed by atoms with van der Waals surface area (Å²) in [5.74, 6) is -0.763. The second-order valence-electron chi connectivity index (χ2n) is 6.53. The van der Waals surface area contributed by atoms with Crippen LogP contribution in [0.5, 0.6) is 5.75 Å². The molecule has 3 amide bonds. The molecule has 1 fully saturated rings. The normalized spacial score (nSPS) is 15.3. The largest absolute Gasteiger partial charge is 0.506 e. The molecule has 0 radical (unpaired) electrons. The van der Waals surface area contributed by atoms with Crippen molar-refractivity contribution < 1.29 is 19.5 Å². The van der Waals surface area contributed by atoms with Crippen LogP contribution in [-0.2, 0) is 9.59 Å². The molecule has 1 aliphatic rings. The second kappa shape index (κ2) is 9.04. The second-order valence-corrected chi connectivity index (χ2v) is 9.84. The van der Waals surface area contributed by atoms with Gasteiger partial charge < -0.3 is 10.4 Å². The minimum absolute atomic E-state index is 0.180. The average molecular weight is 634 g/mol. The van der Waals surface area contributed by atoms with E-state index in [2.05, 4.69) is 5.32 Å². The molecule has 6 nitrogen and oxygen atoms in total. The summed E-state index contributed by atoms with van der Waals surface area (Å²) >= 11 is 4.80. The molecular weight excluding hydrogens is 618 g/mol. The maximum Gasteiger partial charge on any atom is 0.294 e. The Kier molecular flexibility index (Phi) is 6.89. The lowest BCUT2D eigenvalue weighted by molar-refractivity contribution is -0.127. The van der Waals surface area contributed by atoms with Crippen molar-refractivity contribution in [2.75, 3.05) is 11.9 Å². The van der Waals surface area contributed by atoms with Gasteiger partial charge in [0.1, 0.15) is 12.3 Å². The number of aromatic hydroxyl groups is 1. The van der Waals surface area contributed by atoms with Gasteiger partial charge in [-0.15, -0.1) is 0 Å². The van der Waals surface area contributed by atoms with Gasteiger partial charge in [-0.3, -0.25) is 19.3 Å². The Hall–Kier alpha value is -1.60. The number of hydrogen-bond acceptors (Lipinski definition) is 5. The SMILES string of the molecule is Cc1cc(C)cc(NC(=O)CN2C(=O)S/C(=C/c3cc(I)c(O)c(I)c3)C2=O)c1. The van der Waals surface area contributed by atoms with Crippen molar-refractivity contribution in [3.63, 3.8) is 0 Å². The highest BCUT2D eigenvalue weighted by molar-refractivity contribution is 14.1. The van der Waals surface area contributed by atoms with Gasteiger partial charge in [0.15, 0.2) is 0 Å². The van der Waals surface area contributed by atoms with Gasteiger partial charge >= 0.3 is 0 Å². The Labute approximate surface area is 199 Å². The lowest BCUT2D eigenvalue weighted by atomic mass is 10.1. The van der Waals surface area contributed by atoms with Gasteiger partial charge in [0.05, 0.1) is 12.0 Å². The molecule has 0 aliphatic carbocycles. The van der Waals surface area contributed by atoms with Gasteiger partial charge in [0.2, 0.25) is 5.91 Å². The van der Waals surface area contributed by atoms with Crippen molar-refractivity contribution in [1.29, 1.82) is 0 Å². The van der Waals surface area contributed by atoms with Crippen molar-refractivity contribution in [3.05, 3.63) is 59.1 Å². The first-order valence-corrected chi connectivity index (χ1v) is 11.4. The monoisotopic (exact) mass is 634 g/mol. The smallest absolute Gasteiger partial charge is 0.294 e. The van der Waals surface area contributed by atoms with E-state index in [0.29, 0.717) is 18.4 Å². The molecule has 3 rings (SSSR count). The fraction of sp³-hybridized carbons (Fsp3) is 0.150. The van der Waals surface area contributed by atoms with E-state index >= 15 is 0 Å². The third-order valence-electron chi connectivity index (χ3n) is 4.02. The summed E-state index contributed by atoms with van der Waals surface area (Å²) in [4.78, 5) is 38.4. The number of nitrogens with one attached hydrogen (secondary N) is 1. The summed E-state index contributed by atoms with van der Waals surface area (Å²) in [5.41, 5.74) is 3.34. The topological polar surface area (TPSA) is 86.7 Å². The molecule has 9 heteroatoms. The van der Waals surface area contributed by atoms with Gasteiger partial charge in [0.25, 0.3) is 11.1 Å². The predicted octanol–water partition coefficient (Wildman–Crippen LogP) is 4.89. The number of benzene rings is 2. The summed E-state index contributed by atoms with van der Waals surface area (Å²) in [6.07, 6.45) is 1.59. The van der Waals surface area contributed by atoms with Crippen LogP contribution < -0.4 is 5.32 Å². The van der Waals surface area contributed by atoms with Gasteiger partial charge in [-0.2, -0.15) is 0 Å². The first kappa shape index (κ1) is 22.1. The molecule has 1 saturated heterocycles. The molecule has 2 aromatic carbocycles. The molecule has 0 atom stereocenters. The molecular formula is C20H16I2N2O4S. The zero-order chi connectivity index (χ0) is 21.3. The number of halogens is 2. The third-order valence-corrected chi connectivity index (χ3v) is 6.57. The molecule has 2 aromatic rings. The van der Waals surface area contributed by atoms with E-state index in [1.165, 1.54) is 0 Å². The number of carbonyl (C=O) groups excluding carboxylic acids is 3. The molecule has 1 aliphatic heterocycles. The lowest BCUT2D eigenvalue weighted by Crippen LogP contribution is -2.36. The Morgan fingerprint density at radius 1 is 1.10 bits per heavy atom. The van der Waals surface area contributed by atoms with E-state index in [0.717, 1.165) is 27.8 Å². The number of hydrogen-bond donors (Lipinski definition) is 2. The van der Waals surface area contributed by atoms with Crippen LogP contribution in [0.4, 0.5) is 10.5 Å². The van der Waals surface area contributed by atoms with Gasteiger partial charge in [0, 0.05) is 5.69 Å². The Morgan fingerprint density at radius 3 is 2.28 bits per heavy atom. The fourth-order valence-electron chi connectivity index (χ4n) is 2.85. The van der Waals surface area contributed by atoms with Crippen molar-refractivity contribution in [1.82, 2.24) is 4.90 Å². The number of nitrogens with zero attached hydrogens (tertiary/aromatic N) is 1. The van der Waals surface area contributed by atoms with E-state index < -0.39 is 17.1 Å². The van der Waals surface area contributed by atoms with Gasteiger partial charge in [-0.1, -0.05) is 6.07 Å². The summed E-state index contributed by atoms with van der Waals surface area (Å²) in [6.45, 7) is 3.50. The number of rotatable bonds is 4. The number of thioether (sulfide) groups is 1. The fourth-order valence-corrected chi connectivity index (χ4v) is 5.50. The van der Waals surface area contributed by atoms with E-state index in [9.17, 15) is 19.5 Å². The highest BCUT2D eigenvalue weighted by Gasteiger charge is 2.36. The third kappa shape index (κ3) is 5.31. The molecule has 150 valence electrons. The van der Waals surface area contributed by atoms with Crippen molar-refractivity contribution in [3.8, 4) is 5.75 Å². The van der Waals surface area contributed by atoms with Crippen LogP contribution in [-0.4, -0.2) is 33.6 Å². The number of aryl methyl sites for hydroxylation is 2. The van der Waals surface area contributed by atoms with Crippen LogP contribution in [0.1, 0.15) is 16.7 Å². The lowest BCUT2D eigenvalue weighted by Gasteiger charge is -2.13. The van der Waals surface area contributed by atoms with Crippen LogP contribution in [0.2, 0.25) is 0 Å². The quantitative estimate of drug-likeness (QED) is 0.370. The molecule has 0 unspecified atom stereocenters. The predicted molar refractivity (Wildman–Crippen MR) is 131 cm³/mol. The minimum atomic E-state index is -0.506. The molecule has 1 heterocycles. The first-order chi connectivity index (χ1) is 13.6. The maximum atomic E-state index is 12.6. The summed E-state index contributed by atoms with van der Waals surface area (Å²) in [7, 11) is 0. The minimum Gasteiger partial charge on any atom is -0.506 e. The zero-order valence-corrected chi connectivity index (χ0v) is 20.6. The van der Waals surface area contributed by atoms with Gasteiger partial charge in [-0.25, -0.2) is 0 Å². The number of imide groups is 1. The maximum absolute atomic E-state index is 12.6. The molecule has 0 bridgehead atoms. The Balaban J connectivity index is 1.74. The molecule has 2 N–H and O–H groups in total. The Bertz CT molecular complexity index is 1030. The molecule has 0 spiro atoms. The van der Waals surface area contributed by atoms with E-state index in [4.69, 9.17) is 0 Å². The van der Waals surface area contributed by atoms with Crippen LogP contribution in [0.3, 0.4) is 0 Å². The summed E-state index contributed by atoms with van der Waals surface area (Å²) in [5, 5.41) is 12.1. The van der Waals surface area contributed by atoms with E-state index in [1.807, 2.05) is 77.2 Å². The van der Waals surface area contributed by atoms with Gasteiger partial charge in [-0.05, 0) is 118 Å². The van der Waals surface area contributed by atoms with Crippen LogP contribution in [0.15, 0.2) is 35.2 Å². The Morgan fingerprint density at radius 2 is 1.69 bits per heavy atom. The van der Waals surface area contributed by atoms with Crippen molar-refractivity contribution in [2.24, 2.45) is 0 Å². The highest BCUT2D eigenvalue weighted by Crippen LogP contribution is 2.34. The van der Waals surface area contributed by atoms with Crippen LogP contribution in [0.25, 0.3) is 6.08 Å². The number of anilines is 1. The number of amides is 3. The number of carbonyl (C=O) groups is 3. The standard InChI is InChI=1S/C20H16I2N2O4S/c1-10-3-11(2)5-13(4-10)23-17(25)9-24-19(27)16(29-20(24)28)8-12-6-14(21)18(26)15(22)7-12/h3-8,26H,9H2,1-2H3,(H,23,25)/b16-8+. The zero-order valence-electron chi connectivity index (χ0n) is 15.5. The highest BCUT2D eigenvalue weighted by atomic mass is 127. The molecule has 0 aromatic heterocycles. The summed E-state index contributed by atoms with van der Waals surface area (Å²) < 4.78 is 1.29.